The highest BCUT2D eigenvalue weighted by Gasteiger charge is 2.32. The molecule has 0 radical (unpaired) electrons. The third-order valence-corrected chi connectivity index (χ3v) is 5.31. The summed E-state index contributed by atoms with van der Waals surface area (Å²) in [6.45, 7) is 2.65. The summed E-state index contributed by atoms with van der Waals surface area (Å²) < 4.78 is 0. The standard InChI is InChI=1S/C17H22N4OS.ClH/c1-11-5-7-12(8-6-11)9-15-20-21-17(23-15)19-16(22)14-4-2-3-13(14)10-18;/h5-8,13-14H,2-4,9-10,18H2,1H3,(H,19,21,22);1H/t13-,14-;/m1./s1. The van der Waals surface area contributed by atoms with E-state index in [4.69, 9.17) is 5.73 Å². The summed E-state index contributed by atoms with van der Waals surface area (Å²) in [5.74, 6) is 0.357. The molecule has 1 aromatic carbocycles. The fraction of sp³-hybridized carbons (Fsp3) is 0.471. The second kappa shape index (κ2) is 8.55. The first-order valence-corrected chi connectivity index (χ1v) is 8.86. The Morgan fingerprint density at radius 3 is 2.75 bits per heavy atom. The topological polar surface area (TPSA) is 80.9 Å². The minimum atomic E-state index is 0. The number of hydrogen-bond acceptors (Lipinski definition) is 5. The number of halogens is 1. The van der Waals surface area contributed by atoms with Crippen LogP contribution in [0.1, 0.15) is 35.4 Å². The van der Waals surface area contributed by atoms with Crippen molar-refractivity contribution in [2.45, 2.75) is 32.6 Å². The largest absolute Gasteiger partial charge is 0.330 e. The van der Waals surface area contributed by atoms with Crippen LogP contribution >= 0.6 is 23.7 Å². The van der Waals surface area contributed by atoms with Gasteiger partial charge in [-0.25, -0.2) is 0 Å². The van der Waals surface area contributed by atoms with E-state index in [1.165, 1.54) is 22.5 Å². The smallest absolute Gasteiger partial charge is 0.229 e. The predicted molar refractivity (Wildman–Crippen MR) is 99.7 cm³/mol. The van der Waals surface area contributed by atoms with E-state index in [9.17, 15) is 4.79 Å². The lowest BCUT2D eigenvalue weighted by Gasteiger charge is -2.15. The SMILES string of the molecule is Cc1ccc(Cc2nnc(NC(=O)[C@@H]3CCC[C@@H]3CN)s2)cc1.Cl. The fourth-order valence-corrected chi connectivity index (χ4v) is 3.90. The number of carbonyl (C=O) groups excluding carboxylic acids is 1. The van der Waals surface area contributed by atoms with Gasteiger partial charge in [0.25, 0.3) is 0 Å². The molecule has 0 spiro atoms. The minimum Gasteiger partial charge on any atom is -0.330 e. The highest BCUT2D eigenvalue weighted by Crippen LogP contribution is 2.32. The summed E-state index contributed by atoms with van der Waals surface area (Å²) >= 11 is 1.44. The van der Waals surface area contributed by atoms with E-state index in [2.05, 4.69) is 46.7 Å². The first-order chi connectivity index (χ1) is 11.2. The minimum absolute atomic E-state index is 0. The van der Waals surface area contributed by atoms with Crippen LogP contribution in [0.5, 0.6) is 0 Å². The average molecular weight is 367 g/mol. The van der Waals surface area contributed by atoms with Gasteiger partial charge in [0.1, 0.15) is 5.01 Å². The van der Waals surface area contributed by atoms with Crippen LogP contribution < -0.4 is 11.1 Å². The van der Waals surface area contributed by atoms with Gasteiger partial charge in [-0.1, -0.05) is 47.6 Å². The maximum absolute atomic E-state index is 12.4. The summed E-state index contributed by atoms with van der Waals surface area (Å²) in [5, 5.41) is 12.7. The number of nitrogens with zero attached hydrogens (tertiary/aromatic N) is 2. The van der Waals surface area contributed by atoms with Gasteiger partial charge in [0.15, 0.2) is 0 Å². The van der Waals surface area contributed by atoms with Gasteiger partial charge < -0.3 is 11.1 Å². The maximum atomic E-state index is 12.4. The number of nitrogens with two attached hydrogens (primary N) is 1. The Kier molecular flexibility index (Phi) is 6.71. The molecule has 1 fully saturated rings. The zero-order valence-electron chi connectivity index (χ0n) is 13.7. The number of rotatable bonds is 5. The number of benzene rings is 1. The number of aromatic nitrogens is 2. The van der Waals surface area contributed by atoms with Crippen molar-refractivity contribution in [1.29, 1.82) is 0 Å². The molecule has 24 heavy (non-hydrogen) atoms. The average Bonchev–Trinajstić information content (AvgIpc) is 3.18. The molecule has 0 aliphatic heterocycles. The van der Waals surface area contributed by atoms with E-state index in [1.54, 1.807) is 0 Å². The molecule has 3 rings (SSSR count). The van der Waals surface area contributed by atoms with Crippen molar-refractivity contribution >= 4 is 34.8 Å². The van der Waals surface area contributed by atoms with Gasteiger partial charge in [0, 0.05) is 12.3 Å². The third-order valence-electron chi connectivity index (χ3n) is 4.47. The Morgan fingerprint density at radius 2 is 2.04 bits per heavy atom. The Balaban J connectivity index is 0.00000208. The Hall–Kier alpha value is -1.50. The second-order valence-electron chi connectivity index (χ2n) is 6.19. The van der Waals surface area contributed by atoms with Gasteiger partial charge in [0.2, 0.25) is 11.0 Å². The third kappa shape index (κ3) is 4.53. The van der Waals surface area contributed by atoms with E-state index in [0.717, 1.165) is 30.7 Å². The lowest BCUT2D eigenvalue weighted by atomic mass is 9.95. The van der Waals surface area contributed by atoms with Crippen molar-refractivity contribution < 1.29 is 4.79 Å². The fourth-order valence-electron chi connectivity index (χ4n) is 3.12. The van der Waals surface area contributed by atoms with Crippen LogP contribution in [0.25, 0.3) is 0 Å². The van der Waals surface area contributed by atoms with E-state index in [-0.39, 0.29) is 24.2 Å². The molecule has 0 bridgehead atoms. The van der Waals surface area contributed by atoms with Crippen molar-refractivity contribution in [2.24, 2.45) is 17.6 Å². The van der Waals surface area contributed by atoms with Crippen LogP contribution in [0.15, 0.2) is 24.3 Å². The Morgan fingerprint density at radius 1 is 1.29 bits per heavy atom. The van der Waals surface area contributed by atoms with Crippen molar-refractivity contribution in [3.63, 3.8) is 0 Å². The summed E-state index contributed by atoms with van der Waals surface area (Å²) in [6, 6.07) is 8.37. The number of amides is 1. The van der Waals surface area contributed by atoms with Gasteiger partial charge >= 0.3 is 0 Å². The number of carbonyl (C=O) groups is 1. The molecular weight excluding hydrogens is 344 g/mol. The molecule has 0 saturated heterocycles. The molecule has 2 atom stereocenters. The van der Waals surface area contributed by atoms with Gasteiger partial charge in [-0.3, -0.25) is 4.79 Å². The quantitative estimate of drug-likeness (QED) is 0.851. The molecule has 7 heteroatoms. The number of anilines is 1. The van der Waals surface area contributed by atoms with Crippen LogP contribution in [0.3, 0.4) is 0 Å². The van der Waals surface area contributed by atoms with Crippen LogP contribution in [-0.4, -0.2) is 22.6 Å². The first kappa shape index (κ1) is 18.8. The first-order valence-electron chi connectivity index (χ1n) is 8.04. The highest BCUT2D eigenvalue weighted by atomic mass is 35.5. The summed E-state index contributed by atoms with van der Waals surface area (Å²) in [6.07, 6.45) is 3.78. The molecule has 1 aliphatic rings. The number of hydrogen-bond donors (Lipinski definition) is 2. The lowest BCUT2D eigenvalue weighted by Crippen LogP contribution is -2.29. The molecule has 1 amide bonds. The molecule has 5 nitrogen and oxygen atoms in total. The van der Waals surface area contributed by atoms with Crippen molar-refractivity contribution in [2.75, 3.05) is 11.9 Å². The molecule has 3 N–H and O–H groups in total. The molecule has 0 unspecified atom stereocenters. The van der Waals surface area contributed by atoms with E-state index in [0.29, 0.717) is 17.6 Å². The van der Waals surface area contributed by atoms with E-state index >= 15 is 0 Å². The zero-order chi connectivity index (χ0) is 16.2. The normalized spacial score (nSPS) is 19.8. The molecule has 1 aromatic heterocycles. The maximum Gasteiger partial charge on any atom is 0.229 e. The predicted octanol–water partition coefficient (Wildman–Crippen LogP) is 3.17. The van der Waals surface area contributed by atoms with E-state index < -0.39 is 0 Å². The lowest BCUT2D eigenvalue weighted by molar-refractivity contribution is -0.120. The Bertz CT molecular complexity index is 673. The molecule has 1 aliphatic carbocycles. The van der Waals surface area contributed by atoms with Crippen LogP contribution in [0.2, 0.25) is 0 Å². The van der Waals surface area contributed by atoms with Crippen LogP contribution in [0, 0.1) is 18.8 Å². The molecular formula is C17H23ClN4OS. The molecule has 2 aromatic rings. The van der Waals surface area contributed by atoms with Gasteiger partial charge in [-0.2, -0.15) is 0 Å². The summed E-state index contributed by atoms with van der Waals surface area (Å²) in [4.78, 5) is 12.4. The summed E-state index contributed by atoms with van der Waals surface area (Å²) in [5.41, 5.74) is 8.19. The monoisotopic (exact) mass is 366 g/mol. The Labute approximate surface area is 152 Å². The van der Waals surface area contributed by atoms with Gasteiger partial charge in [-0.05, 0) is 37.8 Å². The van der Waals surface area contributed by atoms with Crippen LogP contribution in [-0.2, 0) is 11.2 Å². The van der Waals surface area contributed by atoms with Crippen LogP contribution in [0.4, 0.5) is 5.13 Å². The van der Waals surface area contributed by atoms with Crippen molar-refractivity contribution in [1.82, 2.24) is 10.2 Å². The molecule has 1 heterocycles. The highest BCUT2D eigenvalue weighted by molar-refractivity contribution is 7.15. The van der Waals surface area contributed by atoms with Crippen molar-refractivity contribution in [3.05, 3.63) is 40.4 Å². The van der Waals surface area contributed by atoms with E-state index in [1.807, 2.05) is 0 Å². The number of aryl methyl sites for hydroxylation is 1. The summed E-state index contributed by atoms with van der Waals surface area (Å²) in [7, 11) is 0. The molecule has 1 saturated carbocycles. The number of nitrogens with one attached hydrogen (secondary N) is 1. The van der Waals surface area contributed by atoms with Crippen molar-refractivity contribution in [3.8, 4) is 0 Å². The van der Waals surface area contributed by atoms with Gasteiger partial charge in [-0.15, -0.1) is 22.6 Å². The second-order valence-corrected chi connectivity index (χ2v) is 7.25. The molecule has 130 valence electrons. The van der Waals surface area contributed by atoms with Gasteiger partial charge in [0.05, 0.1) is 0 Å². The zero-order valence-corrected chi connectivity index (χ0v) is 15.3.